The van der Waals surface area contributed by atoms with E-state index in [0.29, 0.717) is 0 Å². The van der Waals surface area contributed by atoms with E-state index in [4.69, 9.17) is 4.74 Å². The van der Waals surface area contributed by atoms with Crippen LogP contribution in [0.25, 0.3) is 0 Å². The monoisotopic (exact) mass is 293 g/mol. The van der Waals surface area contributed by atoms with Crippen molar-refractivity contribution in [3.8, 4) is 0 Å². The molecule has 2 amide bonds. The van der Waals surface area contributed by atoms with Crippen LogP contribution < -0.4 is 0 Å². The highest BCUT2D eigenvalue weighted by molar-refractivity contribution is 6.18. The van der Waals surface area contributed by atoms with Crippen LogP contribution >= 0.6 is 0 Å². The summed E-state index contributed by atoms with van der Waals surface area (Å²) in [6, 6.07) is 0. The van der Waals surface area contributed by atoms with Gasteiger partial charge < -0.3 is 4.74 Å². The van der Waals surface area contributed by atoms with Crippen molar-refractivity contribution in [1.29, 1.82) is 0 Å². The molecule has 116 valence electrons. The molecule has 3 atom stereocenters. The van der Waals surface area contributed by atoms with E-state index >= 15 is 0 Å². The molecule has 3 aliphatic rings. The van der Waals surface area contributed by atoms with Crippen molar-refractivity contribution in [1.82, 2.24) is 4.90 Å². The highest BCUT2D eigenvalue weighted by Crippen LogP contribution is 2.72. The number of imide groups is 1. The smallest absolute Gasteiger partial charge is 0.319 e. The minimum Gasteiger partial charge on any atom is -0.468 e. The van der Waals surface area contributed by atoms with Crippen LogP contribution in [0.2, 0.25) is 0 Å². The number of amides is 2. The van der Waals surface area contributed by atoms with Crippen molar-refractivity contribution < 1.29 is 19.1 Å². The first kappa shape index (κ1) is 14.5. The summed E-state index contributed by atoms with van der Waals surface area (Å²) in [5.74, 6) is -1.63. The van der Waals surface area contributed by atoms with E-state index in [9.17, 15) is 14.4 Å². The average Bonchev–Trinajstić information content (AvgIpc) is 2.99. The minimum absolute atomic E-state index is 0.146. The van der Waals surface area contributed by atoms with E-state index in [0.717, 1.165) is 25.7 Å². The first-order valence-corrected chi connectivity index (χ1v) is 7.74. The van der Waals surface area contributed by atoms with Crippen molar-refractivity contribution in [2.24, 2.45) is 23.2 Å². The molecule has 21 heavy (non-hydrogen) atoms. The van der Waals surface area contributed by atoms with Gasteiger partial charge in [-0.25, -0.2) is 0 Å². The molecule has 1 spiro atoms. The van der Waals surface area contributed by atoms with Crippen molar-refractivity contribution in [3.63, 3.8) is 0 Å². The number of carbonyl (C=O) groups excluding carboxylic acids is 3. The lowest BCUT2D eigenvalue weighted by atomic mass is 9.87. The number of hydrogen-bond acceptors (Lipinski definition) is 4. The number of rotatable bonds is 1. The van der Waals surface area contributed by atoms with Crippen LogP contribution in [0, 0.1) is 23.2 Å². The second-order valence-corrected chi connectivity index (χ2v) is 7.54. The Morgan fingerprint density at radius 3 is 2.14 bits per heavy atom. The average molecular weight is 293 g/mol. The number of ether oxygens (including phenoxy) is 1. The van der Waals surface area contributed by atoms with Crippen LogP contribution in [0.15, 0.2) is 0 Å². The Morgan fingerprint density at radius 1 is 1.19 bits per heavy atom. The molecule has 0 bridgehead atoms. The molecule has 0 aromatic rings. The Hall–Kier alpha value is -1.39. The fourth-order valence-corrected chi connectivity index (χ4v) is 4.72. The Bertz CT molecular complexity index is 507. The van der Waals surface area contributed by atoms with E-state index in [-0.39, 0.29) is 23.7 Å². The van der Waals surface area contributed by atoms with E-state index in [1.54, 1.807) is 0 Å². The Kier molecular flexibility index (Phi) is 2.98. The lowest BCUT2D eigenvalue weighted by Crippen LogP contribution is -2.46. The van der Waals surface area contributed by atoms with Gasteiger partial charge in [0, 0.05) is 5.54 Å². The summed E-state index contributed by atoms with van der Waals surface area (Å²) in [5.41, 5.74) is -1.40. The highest BCUT2D eigenvalue weighted by Gasteiger charge is 2.81. The molecule has 0 aromatic heterocycles. The van der Waals surface area contributed by atoms with Crippen molar-refractivity contribution >= 4 is 17.8 Å². The number of hydrogen-bond donors (Lipinski definition) is 0. The third kappa shape index (κ3) is 1.66. The summed E-state index contributed by atoms with van der Waals surface area (Å²) in [7, 11) is 1.29. The van der Waals surface area contributed by atoms with E-state index in [2.05, 4.69) is 0 Å². The van der Waals surface area contributed by atoms with Crippen molar-refractivity contribution in [2.45, 2.75) is 52.0 Å². The number of methoxy groups -OCH3 is 1. The molecule has 0 aromatic carbocycles. The van der Waals surface area contributed by atoms with Crippen molar-refractivity contribution in [2.75, 3.05) is 7.11 Å². The first-order chi connectivity index (χ1) is 9.77. The normalized spacial score (nSPS) is 38.7. The van der Waals surface area contributed by atoms with Gasteiger partial charge in [-0.2, -0.15) is 0 Å². The zero-order valence-electron chi connectivity index (χ0n) is 13.1. The SMILES string of the molecule is COC(=O)C1C(=O)N(C(C)(C)C)C(=O)C12C1CCCCC12. The van der Waals surface area contributed by atoms with Crippen LogP contribution in [0.1, 0.15) is 46.5 Å². The quantitative estimate of drug-likeness (QED) is 0.420. The molecule has 1 heterocycles. The first-order valence-electron chi connectivity index (χ1n) is 7.74. The Morgan fingerprint density at radius 2 is 1.71 bits per heavy atom. The van der Waals surface area contributed by atoms with E-state index in [1.807, 2.05) is 20.8 Å². The summed E-state index contributed by atoms with van der Waals surface area (Å²) in [4.78, 5) is 39.3. The molecule has 3 fully saturated rings. The van der Waals surface area contributed by atoms with Gasteiger partial charge in [-0.3, -0.25) is 19.3 Å². The molecular weight excluding hydrogens is 270 g/mol. The maximum absolute atomic E-state index is 13.0. The van der Waals surface area contributed by atoms with E-state index < -0.39 is 22.8 Å². The lowest BCUT2D eigenvalue weighted by Gasteiger charge is -2.30. The molecule has 0 radical (unpaired) electrons. The molecule has 3 unspecified atom stereocenters. The van der Waals surface area contributed by atoms with Gasteiger partial charge in [0.2, 0.25) is 11.8 Å². The van der Waals surface area contributed by atoms with Crippen LogP contribution in [0.4, 0.5) is 0 Å². The molecular formula is C16H23NO4. The minimum atomic E-state index is -0.928. The van der Waals surface area contributed by atoms with Crippen LogP contribution in [0.3, 0.4) is 0 Å². The fourth-order valence-electron chi connectivity index (χ4n) is 4.72. The summed E-state index contributed by atoms with van der Waals surface area (Å²) >= 11 is 0. The third-order valence-electron chi connectivity index (χ3n) is 5.51. The highest BCUT2D eigenvalue weighted by atomic mass is 16.5. The zero-order chi connectivity index (χ0) is 15.6. The second-order valence-electron chi connectivity index (χ2n) is 7.54. The number of carbonyl (C=O) groups is 3. The predicted octanol–water partition coefficient (Wildman–Crippen LogP) is 1.75. The zero-order valence-corrected chi connectivity index (χ0v) is 13.1. The molecule has 1 aliphatic heterocycles. The molecule has 1 saturated heterocycles. The van der Waals surface area contributed by atoms with Crippen LogP contribution in [0.5, 0.6) is 0 Å². The third-order valence-corrected chi connectivity index (χ3v) is 5.51. The molecule has 5 heteroatoms. The maximum Gasteiger partial charge on any atom is 0.319 e. The number of fused-ring (bicyclic) bond motifs is 3. The molecule has 5 nitrogen and oxygen atoms in total. The maximum atomic E-state index is 13.0. The van der Waals surface area contributed by atoms with Gasteiger partial charge in [0.05, 0.1) is 12.5 Å². The van der Waals surface area contributed by atoms with Crippen LogP contribution in [-0.2, 0) is 19.1 Å². The number of nitrogens with zero attached hydrogens (tertiary/aromatic N) is 1. The van der Waals surface area contributed by atoms with Gasteiger partial charge in [-0.1, -0.05) is 12.8 Å². The number of likely N-dealkylation sites (tertiary alicyclic amines) is 1. The standard InChI is InChI=1S/C16H23NO4/c1-15(2,3)17-12(18)11(13(19)21-4)16(14(17)20)9-7-5-6-8-10(9)16/h9-11H,5-8H2,1-4H3. The Balaban J connectivity index is 2.07. The summed E-state index contributed by atoms with van der Waals surface area (Å²) in [5, 5.41) is 0. The molecule has 2 aliphatic carbocycles. The molecule has 2 saturated carbocycles. The molecule has 3 rings (SSSR count). The van der Waals surface area contributed by atoms with Gasteiger partial charge in [-0.15, -0.1) is 0 Å². The van der Waals surface area contributed by atoms with Crippen molar-refractivity contribution in [3.05, 3.63) is 0 Å². The number of esters is 1. The van der Waals surface area contributed by atoms with Gasteiger partial charge in [0.15, 0.2) is 5.92 Å². The van der Waals surface area contributed by atoms with Gasteiger partial charge >= 0.3 is 5.97 Å². The summed E-state index contributed by atoms with van der Waals surface area (Å²) < 4.78 is 4.86. The topological polar surface area (TPSA) is 63.7 Å². The molecule has 0 N–H and O–H groups in total. The Labute approximate surface area is 125 Å². The van der Waals surface area contributed by atoms with E-state index in [1.165, 1.54) is 12.0 Å². The largest absolute Gasteiger partial charge is 0.468 e. The lowest BCUT2D eigenvalue weighted by molar-refractivity contribution is -0.153. The fraction of sp³-hybridized carbons (Fsp3) is 0.812. The van der Waals surface area contributed by atoms with Crippen LogP contribution in [-0.4, -0.2) is 35.3 Å². The van der Waals surface area contributed by atoms with Gasteiger partial charge in [0.1, 0.15) is 0 Å². The van der Waals surface area contributed by atoms with Gasteiger partial charge in [-0.05, 0) is 45.4 Å². The second kappa shape index (κ2) is 4.31. The summed E-state index contributed by atoms with van der Waals surface area (Å²) in [6.45, 7) is 5.51. The predicted molar refractivity (Wildman–Crippen MR) is 75.0 cm³/mol. The van der Waals surface area contributed by atoms with Gasteiger partial charge in [0.25, 0.3) is 0 Å². The summed E-state index contributed by atoms with van der Waals surface area (Å²) in [6.07, 6.45) is 4.03.